The van der Waals surface area contributed by atoms with Gasteiger partial charge in [0.1, 0.15) is 0 Å². The molecule has 0 spiro atoms. The number of rotatable bonds is 5. The molecule has 5 nitrogen and oxygen atoms in total. The van der Waals surface area contributed by atoms with Crippen LogP contribution in [0.1, 0.15) is 25.7 Å². The Labute approximate surface area is 121 Å². The predicted octanol–water partition coefficient (Wildman–Crippen LogP) is 2.21. The predicted molar refractivity (Wildman–Crippen MR) is 75.3 cm³/mol. The van der Waals surface area contributed by atoms with Crippen LogP contribution in [-0.4, -0.2) is 29.2 Å². The maximum absolute atomic E-state index is 11.7. The van der Waals surface area contributed by atoms with Gasteiger partial charge in [0.25, 0.3) is 0 Å². The number of hydrogen-bond donors (Lipinski definition) is 1. The summed E-state index contributed by atoms with van der Waals surface area (Å²) in [5.74, 6) is -0.486. The lowest BCUT2D eigenvalue weighted by molar-refractivity contribution is -0.138. The number of benzene rings is 1. The van der Waals surface area contributed by atoms with E-state index in [1.807, 2.05) is 0 Å². The van der Waals surface area contributed by atoms with Crippen LogP contribution in [0.4, 0.5) is 5.69 Å². The average molecular weight is 295 g/mol. The number of nitrogens with zero attached hydrogens (tertiary/aromatic N) is 1. The number of halogens is 1. The summed E-state index contributed by atoms with van der Waals surface area (Å²) in [6, 6.07) is 6.97. The summed E-state index contributed by atoms with van der Waals surface area (Å²) in [5, 5.41) is 3.18. The number of amides is 3. The molecule has 0 aliphatic carbocycles. The molecule has 0 radical (unpaired) electrons. The largest absolute Gasteiger partial charge is 0.325 e. The lowest BCUT2D eigenvalue weighted by Crippen LogP contribution is -2.30. The summed E-state index contributed by atoms with van der Waals surface area (Å²) in [5.41, 5.74) is 0.562. The van der Waals surface area contributed by atoms with E-state index >= 15 is 0 Å². The summed E-state index contributed by atoms with van der Waals surface area (Å²) in [7, 11) is 0. The minimum Gasteiger partial charge on any atom is -0.325 e. The molecule has 0 bridgehead atoms. The van der Waals surface area contributed by atoms with Gasteiger partial charge >= 0.3 is 0 Å². The highest BCUT2D eigenvalue weighted by atomic mass is 35.5. The van der Waals surface area contributed by atoms with Gasteiger partial charge in [-0.1, -0.05) is 23.7 Å². The van der Waals surface area contributed by atoms with E-state index in [4.69, 9.17) is 11.6 Å². The third-order valence-electron chi connectivity index (χ3n) is 3.09. The molecule has 0 aromatic heterocycles. The molecule has 6 heteroatoms. The molecule has 106 valence electrons. The first-order valence-electron chi connectivity index (χ1n) is 6.45. The van der Waals surface area contributed by atoms with Crippen molar-refractivity contribution in [3.05, 3.63) is 29.3 Å². The van der Waals surface area contributed by atoms with Gasteiger partial charge in [0.05, 0.1) is 10.7 Å². The highest BCUT2D eigenvalue weighted by Crippen LogP contribution is 2.20. The molecular formula is C14H15ClN2O3. The van der Waals surface area contributed by atoms with Gasteiger partial charge in [0.15, 0.2) is 0 Å². The number of carbonyl (C=O) groups excluding carboxylic acids is 3. The van der Waals surface area contributed by atoms with Crippen molar-refractivity contribution < 1.29 is 14.4 Å². The molecule has 1 aliphatic heterocycles. The lowest BCUT2D eigenvalue weighted by Gasteiger charge is -2.13. The van der Waals surface area contributed by atoms with Gasteiger partial charge in [-0.3, -0.25) is 19.3 Å². The fourth-order valence-electron chi connectivity index (χ4n) is 2.05. The molecule has 1 aromatic rings. The highest BCUT2D eigenvalue weighted by Gasteiger charge is 2.28. The Morgan fingerprint density at radius 2 is 1.85 bits per heavy atom. The fraction of sp³-hybridized carbons (Fsp3) is 0.357. The van der Waals surface area contributed by atoms with Crippen LogP contribution >= 0.6 is 11.6 Å². The molecular weight excluding hydrogens is 280 g/mol. The Hall–Kier alpha value is -1.88. The molecule has 2 rings (SSSR count). The zero-order valence-corrected chi connectivity index (χ0v) is 11.7. The van der Waals surface area contributed by atoms with E-state index in [0.29, 0.717) is 23.7 Å². The van der Waals surface area contributed by atoms with E-state index in [9.17, 15) is 14.4 Å². The van der Waals surface area contributed by atoms with Crippen LogP contribution in [0, 0.1) is 0 Å². The number of imide groups is 1. The molecule has 1 aromatic carbocycles. The van der Waals surface area contributed by atoms with E-state index in [1.54, 1.807) is 24.3 Å². The van der Waals surface area contributed by atoms with Gasteiger partial charge in [-0.15, -0.1) is 0 Å². The third kappa shape index (κ3) is 3.57. The van der Waals surface area contributed by atoms with Crippen molar-refractivity contribution in [2.24, 2.45) is 0 Å². The molecule has 3 amide bonds. The minimum absolute atomic E-state index is 0.151. The van der Waals surface area contributed by atoms with Gasteiger partial charge in [-0.05, 0) is 18.6 Å². The van der Waals surface area contributed by atoms with Crippen molar-refractivity contribution in [2.45, 2.75) is 25.7 Å². The standard InChI is InChI=1S/C14H15ClN2O3/c15-10-4-1-2-5-11(10)16-12(18)6-3-9-17-13(19)7-8-14(17)20/h1-2,4-5H,3,6-9H2,(H,16,18). The van der Waals surface area contributed by atoms with Crippen molar-refractivity contribution in [3.63, 3.8) is 0 Å². The van der Waals surface area contributed by atoms with E-state index in [1.165, 1.54) is 4.90 Å². The van der Waals surface area contributed by atoms with Gasteiger partial charge in [-0.2, -0.15) is 0 Å². The van der Waals surface area contributed by atoms with Crippen LogP contribution in [0.5, 0.6) is 0 Å². The van der Waals surface area contributed by atoms with E-state index < -0.39 is 0 Å². The first-order chi connectivity index (χ1) is 9.58. The third-order valence-corrected chi connectivity index (χ3v) is 3.42. The van der Waals surface area contributed by atoms with Crippen molar-refractivity contribution in [1.29, 1.82) is 0 Å². The fourth-order valence-corrected chi connectivity index (χ4v) is 2.23. The maximum atomic E-state index is 11.7. The highest BCUT2D eigenvalue weighted by molar-refractivity contribution is 6.33. The minimum atomic E-state index is -0.183. The van der Waals surface area contributed by atoms with Crippen molar-refractivity contribution in [3.8, 4) is 0 Å². The quantitative estimate of drug-likeness (QED) is 0.847. The topological polar surface area (TPSA) is 66.5 Å². The van der Waals surface area contributed by atoms with Crippen LogP contribution in [0.15, 0.2) is 24.3 Å². The first-order valence-corrected chi connectivity index (χ1v) is 6.83. The molecule has 1 fully saturated rings. The smallest absolute Gasteiger partial charge is 0.229 e. The number of carbonyl (C=O) groups is 3. The van der Waals surface area contributed by atoms with E-state index in [0.717, 1.165) is 0 Å². The van der Waals surface area contributed by atoms with Crippen LogP contribution in [0.3, 0.4) is 0 Å². The summed E-state index contributed by atoms with van der Waals surface area (Å²) in [6.45, 7) is 0.299. The van der Waals surface area contributed by atoms with E-state index in [-0.39, 0.29) is 37.0 Å². The van der Waals surface area contributed by atoms with Crippen molar-refractivity contribution in [1.82, 2.24) is 4.90 Å². The summed E-state index contributed by atoms with van der Waals surface area (Å²) in [6.07, 6.45) is 1.26. The Balaban J connectivity index is 1.77. The number of para-hydroxylation sites is 1. The summed E-state index contributed by atoms with van der Waals surface area (Å²) >= 11 is 5.93. The molecule has 1 heterocycles. The van der Waals surface area contributed by atoms with Crippen LogP contribution < -0.4 is 5.32 Å². The van der Waals surface area contributed by atoms with Crippen molar-refractivity contribution >= 4 is 35.0 Å². The molecule has 1 aliphatic rings. The number of likely N-dealkylation sites (tertiary alicyclic amines) is 1. The molecule has 0 atom stereocenters. The number of anilines is 1. The number of hydrogen-bond acceptors (Lipinski definition) is 3. The normalized spacial score (nSPS) is 14.8. The molecule has 1 N–H and O–H groups in total. The second kappa shape index (κ2) is 6.52. The maximum Gasteiger partial charge on any atom is 0.229 e. The Morgan fingerprint density at radius 3 is 2.50 bits per heavy atom. The SMILES string of the molecule is O=C(CCCN1C(=O)CCC1=O)Nc1ccccc1Cl. The molecule has 20 heavy (non-hydrogen) atoms. The monoisotopic (exact) mass is 294 g/mol. The average Bonchev–Trinajstić information content (AvgIpc) is 2.73. The zero-order chi connectivity index (χ0) is 14.5. The van der Waals surface area contributed by atoms with Gasteiger partial charge in [-0.25, -0.2) is 0 Å². The van der Waals surface area contributed by atoms with Gasteiger partial charge in [0, 0.05) is 25.8 Å². The lowest BCUT2D eigenvalue weighted by atomic mass is 10.2. The van der Waals surface area contributed by atoms with Gasteiger partial charge < -0.3 is 5.32 Å². The Kier molecular flexibility index (Phi) is 4.74. The molecule has 0 saturated carbocycles. The zero-order valence-electron chi connectivity index (χ0n) is 10.9. The molecule has 0 unspecified atom stereocenters. The summed E-state index contributed by atoms with van der Waals surface area (Å²) < 4.78 is 0. The Bertz CT molecular complexity index is 529. The van der Waals surface area contributed by atoms with Crippen LogP contribution in [0.25, 0.3) is 0 Å². The number of nitrogens with one attached hydrogen (secondary N) is 1. The second-order valence-corrected chi connectivity index (χ2v) is 4.98. The van der Waals surface area contributed by atoms with Crippen LogP contribution in [-0.2, 0) is 14.4 Å². The molecule has 1 saturated heterocycles. The Morgan fingerprint density at radius 1 is 1.20 bits per heavy atom. The summed E-state index contributed by atoms with van der Waals surface area (Å²) in [4.78, 5) is 35.7. The van der Waals surface area contributed by atoms with E-state index in [2.05, 4.69) is 5.32 Å². The van der Waals surface area contributed by atoms with Crippen LogP contribution in [0.2, 0.25) is 5.02 Å². The first kappa shape index (κ1) is 14.5. The van der Waals surface area contributed by atoms with Gasteiger partial charge in [0.2, 0.25) is 17.7 Å². The van der Waals surface area contributed by atoms with Crippen molar-refractivity contribution in [2.75, 3.05) is 11.9 Å². The second-order valence-electron chi connectivity index (χ2n) is 4.57.